The second-order valence-electron chi connectivity index (χ2n) is 3.48. The molecule has 0 aliphatic carbocycles. The second-order valence-corrected chi connectivity index (χ2v) is 4.26. The number of nitrogen functional groups attached to an aromatic ring is 1. The van der Waals surface area contributed by atoms with Crippen molar-refractivity contribution >= 4 is 27.7 Å². The Morgan fingerprint density at radius 1 is 1.31 bits per heavy atom. The number of nitrogens with two attached hydrogens (primary N) is 1. The fourth-order valence-corrected chi connectivity index (χ4v) is 1.54. The molecule has 0 fully saturated rings. The molecule has 5 nitrogen and oxygen atoms in total. The van der Waals surface area contributed by atoms with Gasteiger partial charge in [-0.15, -0.1) is 0 Å². The van der Waals surface area contributed by atoms with Gasteiger partial charge in [0.15, 0.2) is 10.4 Å². The Hall–Kier alpha value is -1.56. The van der Waals surface area contributed by atoms with Gasteiger partial charge in [-0.05, 0) is 28.1 Å². The number of aromatic nitrogens is 2. The Bertz CT molecular complexity index is 509. The highest BCUT2D eigenvalue weighted by Gasteiger charge is 2.09. The molecule has 0 amide bonds. The fraction of sp³-hybridized carbons (Fsp3) is 0.200. The van der Waals surface area contributed by atoms with Crippen LogP contribution in [-0.2, 0) is 0 Å². The Labute approximate surface area is 101 Å². The maximum atomic E-state index is 5.71. The molecule has 2 heterocycles. The first kappa shape index (κ1) is 10.9. The lowest BCUT2D eigenvalue weighted by atomic mass is 10.3. The van der Waals surface area contributed by atoms with E-state index < -0.39 is 0 Å². The van der Waals surface area contributed by atoms with Gasteiger partial charge in [-0.2, -0.15) is 4.98 Å². The van der Waals surface area contributed by atoms with Crippen molar-refractivity contribution in [3.63, 3.8) is 0 Å². The number of hydrogen-bond donors (Lipinski definition) is 1. The minimum Gasteiger partial charge on any atom is -0.448 e. The topological polar surface area (TPSA) is 68.2 Å². The molecule has 0 saturated heterocycles. The van der Waals surface area contributed by atoms with Crippen LogP contribution in [0.4, 0.5) is 11.8 Å². The summed E-state index contributed by atoms with van der Waals surface area (Å²) in [6.45, 7) is 0. The third-order valence-electron chi connectivity index (χ3n) is 1.96. The molecule has 0 aliphatic rings. The van der Waals surface area contributed by atoms with Crippen molar-refractivity contribution in [3.8, 4) is 11.5 Å². The van der Waals surface area contributed by atoms with Crippen LogP contribution in [0, 0.1) is 0 Å². The van der Waals surface area contributed by atoms with Crippen LogP contribution >= 0.6 is 15.9 Å². The summed E-state index contributed by atoms with van der Waals surface area (Å²) in [5.74, 6) is 1.63. The molecule has 0 spiro atoms. The van der Waals surface area contributed by atoms with Crippen LogP contribution in [0.2, 0.25) is 0 Å². The highest BCUT2D eigenvalue weighted by atomic mass is 79.9. The van der Waals surface area contributed by atoms with Crippen molar-refractivity contribution in [2.75, 3.05) is 24.7 Å². The van der Waals surface area contributed by atoms with Crippen molar-refractivity contribution in [1.29, 1.82) is 0 Å². The van der Waals surface area contributed by atoms with E-state index in [2.05, 4.69) is 25.9 Å². The molecule has 84 valence electrons. The van der Waals surface area contributed by atoms with E-state index in [0.29, 0.717) is 27.9 Å². The largest absolute Gasteiger partial charge is 0.448 e. The molecular weight excluding hydrogens is 272 g/mol. The lowest BCUT2D eigenvalue weighted by Gasteiger charge is -2.11. The third-order valence-corrected chi connectivity index (χ3v) is 2.39. The van der Waals surface area contributed by atoms with Gasteiger partial charge >= 0.3 is 0 Å². The molecule has 6 heteroatoms. The van der Waals surface area contributed by atoms with Crippen molar-refractivity contribution in [2.45, 2.75) is 0 Å². The Balaban J connectivity index is 2.49. The van der Waals surface area contributed by atoms with E-state index in [4.69, 9.17) is 10.2 Å². The third kappa shape index (κ3) is 2.16. The molecule has 2 aromatic rings. The molecule has 2 aromatic heterocycles. The molecule has 0 radical (unpaired) electrons. The van der Waals surface area contributed by atoms with Crippen LogP contribution in [0.15, 0.2) is 27.3 Å². The van der Waals surface area contributed by atoms with E-state index in [-0.39, 0.29) is 0 Å². The first-order valence-corrected chi connectivity index (χ1v) is 5.43. The van der Waals surface area contributed by atoms with E-state index in [1.54, 1.807) is 11.0 Å². The summed E-state index contributed by atoms with van der Waals surface area (Å²) in [4.78, 5) is 10.2. The minimum atomic E-state index is 0.418. The van der Waals surface area contributed by atoms with Crippen molar-refractivity contribution in [3.05, 3.63) is 22.9 Å². The predicted molar refractivity (Wildman–Crippen MR) is 66.2 cm³/mol. The Morgan fingerprint density at radius 2 is 2.06 bits per heavy atom. The maximum absolute atomic E-state index is 5.71. The van der Waals surface area contributed by atoms with Crippen LogP contribution in [0.5, 0.6) is 0 Å². The van der Waals surface area contributed by atoms with E-state index >= 15 is 0 Å². The zero-order valence-corrected chi connectivity index (χ0v) is 10.5. The predicted octanol–water partition coefficient (Wildman–Crippen LogP) is 2.15. The van der Waals surface area contributed by atoms with E-state index in [9.17, 15) is 0 Å². The number of nitrogens with zero attached hydrogens (tertiary/aromatic N) is 3. The van der Waals surface area contributed by atoms with Crippen LogP contribution in [0.3, 0.4) is 0 Å². The first-order valence-electron chi connectivity index (χ1n) is 4.64. The Kier molecular flexibility index (Phi) is 2.82. The van der Waals surface area contributed by atoms with Crippen LogP contribution in [0.1, 0.15) is 0 Å². The van der Waals surface area contributed by atoms with Gasteiger partial charge < -0.3 is 15.1 Å². The SMILES string of the molecule is CN(C)c1nc(N)cc(-c2ccc(Br)o2)n1. The highest BCUT2D eigenvalue weighted by molar-refractivity contribution is 9.10. The van der Waals surface area contributed by atoms with Gasteiger partial charge in [0.05, 0.1) is 0 Å². The monoisotopic (exact) mass is 282 g/mol. The summed E-state index contributed by atoms with van der Waals surface area (Å²) in [7, 11) is 3.72. The van der Waals surface area contributed by atoms with E-state index in [1.807, 2.05) is 26.2 Å². The molecular formula is C10H11BrN4O. The standard InChI is InChI=1S/C10H11BrN4O/c1-15(2)10-13-6(5-9(12)14-10)7-3-4-8(11)16-7/h3-5H,1-2H3,(H2,12,13,14). The van der Waals surface area contributed by atoms with Gasteiger partial charge in [-0.25, -0.2) is 4.98 Å². The number of furan rings is 1. The molecule has 0 bridgehead atoms. The van der Waals surface area contributed by atoms with Crippen LogP contribution in [-0.4, -0.2) is 24.1 Å². The number of anilines is 2. The molecule has 0 saturated carbocycles. The van der Waals surface area contributed by atoms with Gasteiger partial charge in [0, 0.05) is 20.2 Å². The second kappa shape index (κ2) is 4.13. The molecule has 0 aliphatic heterocycles. The van der Waals surface area contributed by atoms with E-state index in [0.717, 1.165) is 0 Å². The van der Waals surface area contributed by atoms with E-state index in [1.165, 1.54) is 0 Å². The molecule has 2 N–H and O–H groups in total. The summed E-state index contributed by atoms with van der Waals surface area (Å²) in [5.41, 5.74) is 6.38. The smallest absolute Gasteiger partial charge is 0.227 e. The first-order chi connectivity index (χ1) is 7.56. The van der Waals surface area contributed by atoms with Gasteiger partial charge in [0.2, 0.25) is 5.95 Å². The highest BCUT2D eigenvalue weighted by Crippen LogP contribution is 2.25. The number of hydrogen-bond acceptors (Lipinski definition) is 5. The lowest BCUT2D eigenvalue weighted by molar-refractivity contribution is 0.553. The number of rotatable bonds is 2. The normalized spacial score (nSPS) is 10.4. The van der Waals surface area contributed by atoms with Crippen molar-refractivity contribution < 1.29 is 4.42 Å². The Morgan fingerprint density at radius 3 is 2.62 bits per heavy atom. The quantitative estimate of drug-likeness (QED) is 0.914. The average Bonchev–Trinajstić information content (AvgIpc) is 2.64. The van der Waals surface area contributed by atoms with Gasteiger partial charge in [0.1, 0.15) is 11.5 Å². The zero-order chi connectivity index (χ0) is 11.7. The van der Waals surface area contributed by atoms with Gasteiger partial charge in [-0.3, -0.25) is 0 Å². The summed E-state index contributed by atoms with van der Waals surface area (Å²) < 4.78 is 6.07. The molecule has 0 atom stereocenters. The average molecular weight is 283 g/mol. The summed E-state index contributed by atoms with van der Waals surface area (Å²) in [5, 5.41) is 0. The minimum absolute atomic E-state index is 0.418. The van der Waals surface area contributed by atoms with Crippen LogP contribution < -0.4 is 10.6 Å². The summed E-state index contributed by atoms with van der Waals surface area (Å²) >= 11 is 3.24. The van der Waals surface area contributed by atoms with Crippen molar-refractivity contribution in [1.82, 2.24) is 9.97 Å². The van der Waals surface area contributed by atoms with Crippen molar-refractivity contribution in [2.24, 2.45) is 0 Å². The molecule has 2 rings (SSSR count). The van der Waals surface area contributed by atoms with Gasteiger partial charge in [-0.1, -0.05) is 0 Å². The summed E-state index contributed by atoms with van der Waals surface area (Å²) in [6.07, 6.45) is 0. The zero-order valence-electron chi connectivity index (χ0n) is 8.94. The maximum Gasteiger partial charge on any atom is 0.227 e. The number of halogens is 1. The molecule has 0 unspecified atom stereocenters. The lowest BCUT2D eigenvalue weighted by Crippen LogP contribution is -2.13. The summed E-state index contributed by atoms with van der Waals surface area (Å²) in [6, 6.07) is 5.31. The van der Waals surface area contributed by atoms with Gasteiger partial charge in [0.25, 0.3) is 0 Å². The fourth-order valence-electron chi connectivity index (χ4n) is 1.23. The molecule has 16 heavy (non-hydrogen) atoms. The van der Waals surface area contributed by atoms with Crippen LogP contribution in [0.25, 0.3) is 11.5 Å². The molecule has 0 aromatic carbocycles.